The van der Waals surface area contributed by atoms with Crippen LogP contribution < -0.4 is 22.7 Å². The van der Waals surface area contributed by atoms with Gasteiger partial charge in [-0.25, -0.2) is 18.7 Å². The van der Waals surface area contributed by atoms with E-state index >= 15 is 0 Å². The molecule has 0 spiro atoms. The van der Waals surface area contributed by atoms with E-state index < -0.39 is 108 Å². The second-order valence-electron chi connectivity index (χ2n) is 17.0. The Morgan fingerprint density at radius 2 is 1.56 bits per heavy atom. The number of aromatic amines is 1. The lowest BCUT2D eigenvalue weighted by Crippen LogP contribution is -2.48. The lowest BCUT2D eigenvalue weighted by molar-refractivity contribution is -0.0670. The number of aliphatic hydroxyl groups excluding tert-OH is 1. The first-order chi connectivity index (χ1) is 32.4. The van der Waals surface area contributed by atoms with Crippen molar-refractivity contribution in [3.05, 3.63) is 65.8 Å². The molecule has 2 aliphatic heterocycles. The van der Waals surface area contributed by atoms with Crippen LogP contribution in [0.25, 0.3) is 10.4 Å². The van der Waals surface area contributed by atoms with E-state index in [4.69, 9.17) is 50.0 Å². The van der Waals surface area contributed by atoms with E-state index in [0.29, 0.717) is 6.42 Å². The maximum absolute atomic E-state index is 13.3. The predicted octanol–water partition coefficient (Wildman–Crippen LogP) is 5.19. The summed E-state index contributed by atoms with van der Waals surface area (Å²) < 4.78 is 66.2. The largest absolute Gasteiger partial charge is 0.472 e. The molecular weight excluding hydrogens is 934 g/mol. The molecule has 0 aromatic carbocycles. The minimum Gasteiger partial charge on any atom is -0.384 e. The number of nitrogen functional groups attached to an aromatic ring is 1. The average molecular weight is 1000 g/mol. The highest BCUT2D eigenvalue weighted by Crippen LogP contribution is 2.49. The number of aromatic nitrogens is 4. The van der Waals surface area contributed by atoms with Crippen LogP contribution in [-0.2, 0) is 41.4 Å². The number of hydrogen-bond acceptors (Lipinski definition) is 17. The number of terminal acetylenes is 1. The molecule has 26 heteroatoms. The molecule has 2 aromatic rings. The van der Waals surface area contributed by atoms with Crippen molar-refractivity contribution in [3.8, 4) is 12.3 Å². The van der Waals surface area contributed by atoms with Gasteiger partial charge < -0.3 is 39.9 Å². The minimum absolute atomic E-state index is 0.0557. The Labute approximate surface area is 394 Å². The topological polar surface area (TPSA) is 344 Å². The standard InChI is InChI=1S/C42H68N8O16P2/c1-4-6-7-8-9-10-11-12-13-14-15-16-17-18-19-20-23-60-26-31(66-68(58,59)63-29-34-42(55,5-2)37(51)39(65-34)49-22-21-35(43)45-40(49)53)27-61-67(56,57)62-28-33-32(47-48-44)24-36(64-33)50-25-30(3)38(52)46-41(50)54/h2,21-22,25,31-34,36-37,39,51,55H,4,6-20,23-24,26-29H2,1,3H3,(H,56,57)(H,58,59)(H2,43,45,53)(H,46,52,54). The van der Waals surface area contributed by atoms with Crippen molar-refractivity contribution in [2.75, 3.05) is 38.8 Å². The number of phosphoric ester groups is 2. The Balaban J connectivity index is 1.30. The molecule has 4 heterocycles. The van der Waals surface area contributed by atoms with Crippen LogP contribution in [0.4, 0.5) is 5.82 Å². The number of ether oxygens (including phenoxy) is 3. The highest BCUT2D eigenvalue weighted by molar-refractivity contribution is 7.47. The average Bonchev–Trinajstić information content (AvgIpc) is 3.81. The summed E-state index contributed by atoms with van der Waals surface area (Å²) in [5.74, 6) is 1.84. The molecule has 68 heavy (non-hydrogen) atoms. The van der Waals surface area contributed by atoms with Crippen LogP contribution in [0.5, 0.6) is 0 Å². The molecule has 10 unspecified atom stereocenters. The molecule has 0 amide bonds. The summed E-state index contributed by atoms with van der Waals surface area (Å²) in [5, 5.41) is 25.6. The number of nitrogens with zero attached hydrogens (tertiary/aromatic N) is 6. The van der Waals surface area contributed by atoms with Crippen molar-refractivity contribution in [1.82, 2.24) is 19.1 Å². The van der Waals surface area contributed by atoms with Crippen LogP contribution in [0.1, 0.15) is 134 Å². The summed E-state index contributed by atoms with van der Waals surface area (Å²) in [6, 6.07) is 0.249. The third-order valence-electron chi connectivity index (χ3n) is 11.7. The zero-order valence-corrected chi connectivity index (χ0v) is 40.5. The number of anilines is 1. The van der Waals surface area contributed by atoms with Crippen LogP contribution in [0.2, 0.25) is 0 Å². The Hall–Kier alpha value is -3.75. The Bertz CT molecular complexity index is 2250. The number of phosphoric acid groups is 2. The smallest absolute Gasteiger partial charge is 0.384 e. The first-order valence-electron chi connectivity index (χ1n) is 23.2. The first kappa shape index (κ1) is 56.8. The molecule has 382 valence electrons. The highest BCUT2D eigenvalue weighted by Gasteiger charge is 2.56. The van der Waals surface area contributed by atoms with Crippen molar-refractivity contribution in [1.29, 1.82) is 0 Å². The monoisotopic (exact) mass is 1000 g/mol. The van der Waals surface area contributed by atoms with Gasteiger partial charge in [0, 0.05) is 35.9 Å². The summed E-state index contributed by atoms with van der Waals surface area (Å²) in [7, 11) is -10.2. The summed E-state index contributed by atoms with van der Waals surface area (Å²) in [5.41, 5.74) is 9.97. The zero-order valence-electron chi connectivity index (χ0n) is 38.8. The number of hydrogen-bond donors (Lipinski definition) is 6. The number of unbranched alkanes of at least 4 members (excludes halogenated alkanes) is 15. The molecule has 10 atom stereocenters. The van der Waals surface area contributed by atoms with Crippen molar-refractivity contribution in [3.63, 3.8) is 0 Å². The van der Waals surface area contributed by atoms with Gasteiger partial charge in [0.15, 0.2) is 11.8 Å². The number of nitrogens with two attached hydrogens (primary N) is 1. The third kappa shape index (κ3) is 17.9. The fraction of sp³-hybridized carbons (Fsp3) is 0.762. The van der Waals surface area contributed by atoms with Crippen LogP contribution in [0.3, 0.4) is 0 Å². The fourth-order valence-electron chi connectivity index (χ4n) is 7.80. The lowest BCUT2D eigenvalue weighted by atomic mass is 9.93. The second kappa shape index (κ2) is 28.2. The van der Waals surface area contributed by atoms with Gasteiger partial charge in [0.1, 0.15) is 30.4 Å². The van der Waals surface area contributed by atoms with E-state index in [9.17, 15) is 43.5 Å². The number of H-pyrrole nitrogens is 1. The second-order valence-corrected chi connectivity index (χ2v) is 19.9. The van der Waals surface area contributed by atoms with Gasteiger partial charge in [0.2, 0.25) is 0 Å². The molecule has 7 N–H and O–H groups in total. The van der Waals surface area contributed by atoms with Crippen LogP contribution in [0.15, 0.2) is 38.0 Å². The molecule has 2 fully saturated rings. The summed E-state index contributed by atoms with van der Waals surface area (Å²) in [6.07, 6.45) is 17.7. The number of azide groups is 1. The van der Waals surface area contributed by atoms with Crippen LogP contribution >= 0.6 is 15.6 Å². The number of aliphatic hydroxyl groups is 2. The van der Waals surface area contributed by atoms with Crippen molar-refractivity contribution < 1.29 is 61.4 Å². The maximum Gasteiger partial charge on any atom is 0.472 e. The molecule has 0 radical (unpaired) electrons. The van der Waals surface area contributed by atoms with Crippen molar-refractivity contribution in [2.24, 2.45) is 5.11 Å². The van der Waals surface area contributed by atoms with Gasteiger partial charge in [0.25, 0.3) is 5.56 Å². The van der Waals surface area contributed by atoms with E-state index in [1.807, 2.05) is 5.92 Å². The van der Waals surface area contributed by atoms with E-state index in [0.717, 1.165) is 41.0 Å². The Morgan fingerprint density at radius 3 is 2.15 bits per heavy atom. The quantitative estimate of drug-likeness (QED) is 0.0134. The predicted molar refractivity (Wildman–Crippen MR) is 247 cm³/mol. The van der Waals surface area contributed by atoms with Crippen molar-refractivity contribution >= 4 is 21.5 Å². The molecule has 2 saturated heterocycles. The molecule has 2 aliphatic rings. The summed E-state index contributed by atoms with van der Waals surface area (Å²) in [6.45, 7) is 0.940. The SMILES string of the molecule is C#CC1(O)C(COP(=O)(O)OC(COCCCCCCCCCCCCCCCCCC)COP(=O)(O)OCC2OC(n3cc(C)c(=O)[nH]c3=O)CC2N=[N+]=[N-])OC(n2ccc(N)nc2=O)C1O. The van der Waals surface area contributed by atoms with Gasteiger partial charge in [-0.15, -0.1) is 6.42 Å². The Morgan fingerprint density at radius 1 is 0.956 bits per heavy atom. The summed E-state index contributed by atoms with van der Waals surface area (Å²) >= 11 is 0. The molecular formula is C42H68N8O16P2. The van der Waals surface area contributed by atoms with E-state index in [-0.39, 0.29) is 24.4 Å². The molecule has 2 aromatic heterocycles. The normalized spacial score (nSPS) is 24.8. The lowest BCUT2D eigenvalue weighted by Gasteiger charge is -2.26. The van der Waals surface area contributed by atoms with Crippen LogP contribution in [0, 0.1) is 19.3 Å². The molecule has 0 saturated carbocycles. The minimum atomic E-state index is -5.19. The molecule has 0 aliphatic carbocycles. The first-order valence-corrected chi connectivity index (χ1v) is 26.2. The number of rotatable bonds is 33. The van der Waals surface area contributed by atoms with Gasteiger partial charge in [-0.1, -0.05) is 114 Å². The van der Waals surface area contributed by atoms with E-state index in [1.165, 1.54) is 89.8 Å². The fourth-order valence-corrected chi connectivity index (χ4v) is 9.45. The van der Waals surface area contributed by atoms with E-state index in [1.54, 1.807) is 0 Å². The Kier molecular flexibility index (Phi) is 23.6. The number of aryl methyl sites for hydroxylation is 1. The van der Waals surface area contributed by atoms with Gasteiger partial charge in [-0.2, -0.15) is 4.98 Å². The molecule has 0 bridgehead atoms. The van der Waals surface area contributed by atoms with Gasteiger partial charge >= 0.3 is 27.0 Å². The molecule has 4 rings (SSSR count). The highest BCUT2D eigenvalue weighted by atomic mass is 31.2. The van der Waals surface area contributed by atoms with E-state index in [2.05, 4.69) is 26.9 Å². The van der Waals surface area contributed by atoms with Gasteiger partial charge in [0.05, 0.1) is 38.6 Å². The maximum atomic E-state index is 13.3. The number of nitrogens with one attached hydrogen (secondary N) is 1. The van der Waals surface area contributed by atoms with Gasteiger partial charge in [-0.05, 0) is 24.9 Å². The molecule has 24 nitrogen and oxygen atoms in total. The van der Waals surface area contributed by atoms with Crippen molar-refractivity contribution in [2.45, 2.75) is 172 Å². The third-order valence-corrected chi connectivity index (χ3v) is 13.7. The summed E-state index contributed by atoms with van der Waals surface area (Å²) in [4.78, 5) is 66.7. The zero-order chi connectivity index (χ0) is 49.7. The van der Waals surface area contributed by atoms with Crippen LogP contribution in [-0.4, -0.2) is 108 Å². The van der Waals surface area contributed by atoms with Gasteiger partial charge in [-0.3, -0.25) is 37.0 Å².